The number of methoxy groups -OCH3 is 1. The predicted molar refractivity (Wildman–Crippen MR) is 84.5 cm³/mol. The molecule has 4 nitrogen and oxygen atoms in total. The van der Waals surface area contributed by atoms with Crippen LogP contribution in [-0.4, -0.2) is 31.0 Å². The molecule has 2 aromatic carbocycles. The lowest BCUT2D eigenvalue weighted by Gasteiger charge is -2.23. The second kappa shape index (κ2) is 6.89. The summed E-state index contributed by atoms with van der Waals surface area (Å²) < 4.78 is 11.1. The van der Waals surface area contributed by atoms with Crippen molar-refractivity contribution in [3.8, 4) is 5.75 Å². The summed E-state index contributed by atoms with van der Waals surface area (Å²) in [5.74, 6) is 0.838. The van der Waals surface area contributed by atoms with Gasteiger partial charge < -0.3 is 20.3 Å². The summed E-state index contributed by atoms with van der Waals surface area (Å²) >= 11 is 0. The van der Waals surface area contributed by atoms with Gasteiger partial charge in [-0.2, -0.15) is 0 Å². The Morgan fingerprint density at radius 1 is 1.10 bits per heavy atom. The molecule has 0 spiro atoms. The molecule has 3 N–H and O–H groups in total. The molecule has 0 aliphatic carbocycles. The molecule has 0 bridgehead atoms. The molecule has 0 aliphatic heterocycles. The maximum atomic E-state index is 9.56. The summed E-state index contributed by atoms with van der Waals surface area (Å²) in [5.41, 5.74) is 6.83. The Morgan fingerprint density at radius 3 is 2.38 bits per heavy atom. The fraction of sp³-hybridized carbons (Fsp3) is 0.412. The third-order valence-electron chi connectivity index (χ3n) is 3.72. The zero-order valence-electron chi connectivity index (χ0n) is 12.7. The summed E-state index contributed by atoms with van der Waals surface area (Å²) in [7, 11) is 1.66. The molecule has 21 heavy (non-hydrogen) atoms. The van der Waals surface area contributed by atoms with Crippen LogP contribution in [0.25, 0.3) is 10.8 Å². The first kappa shape index (κ1) is 15.8. The van der Waals surface area contributed by atoms with E-state index in [-0.39, 0.29) is 12.2 Å². The largest absolute Gasteiger partial charge is 0.497 e. The molecular formula is C17H23NO3. The Morgan fingerprint density at radius 2 is 1.76 bits per heavy atom. The molecule has 0 fully saturated rings. The van der Waals surface area contributed by atoms with Crippen LogP contribution in [0.2, 0.25) is 0 Å². The van der Waals surface area contributed by atoms with Crippen LogP contribution in [0.4, 0.5) is 0 Å². The smallest absolute Gasteiger partial charge is 0.119 e. The Bertz CT molecular complexity index is 598. The number of ether oxygens (including phenoxy) is 2. The number of aliphatic hydroxyl groups is 1. The van der Waals surface area contributed by atoms with Crippen LogP contribution in [0.1, 0.15) is 25.5 Å². The van der Waals surface area contributed by atoms with Crippen LogP contribution >= 0.6 is 0 Å². The van der Waals surface area contributed by atoms with Crippen molar-refractivity contribution >= 4 is 10.8 Å². The van der Waals surface area contributed by atoms with E-state index in [2.05, 4.69) is 6.07 Å². The van der Waals surface area contributed by atoms with E-state index in [0.29, 0.717) is 6.54 Å². The second-order valence-corrected chi connectivity index (χ2v) is 5.28. The summed E-state index contributed by atoms with van der Waals surface area (Å²) in [6.45, 7) is 3.93. The predicted octanol–water partition coefficient (Wildman–Crippen LogP) is 2.63. The maximum absolute atomic E-state index is 9.56. The van der Waals surface area contributed by atoms with Gasteiger partial charge in [-0.1, -0.05) is 18.2 Å². The summed E-state index contributed by atoms with van der Waals surface area (Å²) in [5, 5.41) is 11.8. The SMILES string of the molecule is COc1ccc2cc(C(CN)OC(C)C(C)O)ccc2c1. The Balaban J connectivity index is 2.27. The van der Waals surface area contributed by atoms with E-state index in [4.69, 9.17) is 15.2 Å². The van der Waals surface area contributed by atoms with Gasteiger partial charge in [-0.05, 0) is 48.4 Å². The van der Waals surface area contributed by atoms with E-state index < -0.39 is 6.10 Å². The first-order valence-corrected chi connectivity index (χ1v) is 7.16. The van der Waals surface area contributed by atoms with Gasteiger partial charge in [-0.15, -0.1) is 0 Å². The number of aliphatic hydroxyl groups excluding tert-OH is 1. The van der Waals surface area contributed by atoms with Crippen LogP contribution in [0.5, 0.6) is 5.75 Å². The molecule has 114 valence electrons. The second-order valence-electron chi connectivity index (χ2n) is 5.28. The highest BCUT2D eigenvalue weighted by Crippen LogP contribution is 2.26. The fourth-order valence-electron chi connectivity index (χ4n) is 2.21. The van der Waals surface area contributed by atoms with Gasteiger partial charge in [0.1, 0.15) is 5.75 Å². The van der Waals surface area contributed by atoms with E-state index in [0.717, 1.165) is 22.1 Å². The van der Waals surface area contributed by atoms with Crippen molar-refractivity contribution in [3.05, 3.63) is 42.0 Å². The topological polar surface area (TPSA) is 64.7 Å². The lowest BCUT2D eigenvalue weighted by atomic mass is 10.0. The lowest BCUT2D eigenvalue weighted by molar-refractivity contribution is -0.0591. The minimum absolute atomic E-state index is 0.221. The molecule has 0 heterocycles. The minimum Gasteiger partial charge on any atom is -0.497 e. The van der Waals surface area contributed by atoms with E-state index in [1.807, 2.05) is 37.3 Å². The number of benzene rings is 2. The molecule has 3 unspecified atom stereocenters. The molecular weight excluding hydrogens is 266 g/mol. The van der Waals surface area contributed by atoms with Crippen molar-refractivity contribution < 1.29 is 14.6 Å². The standard InChI is InChI=1S/C17H23NO3/c1-11(19)12(2)21-17(10-18)15-5-4-14-9-16(20-3)7-6-13(14)8-15/h4-9,11-12,17,19H,10,18H2,1-3H3. The summed E-state index contributed by atoms with van der Waals surface area (Å²) in [6, 6.07) is 12.1. The summed E-state index contributed by atoms with van der Waals surface area (Å²) in [4.78, 5) is 0. The maximum Gasteiger partial charge on any atom is 0.119 e. The van der Waals surface area contributed by atoms with Crippen LogP contribution < -0.4 is 10.5 Å². The van der Waals surface area contributed by atoms with Crippen molar-refractivity contribution in [2.75, 3.05) is 13.7 Å². The van der Waals surface area contributed by atoms with Gasteiger partial charge in [0.15, 0.2) is 0 Å². The average Bonchev–Trinajstić information content (AvgIpc) is 2.51. The Kier molecular flexibility index (Phi) is 5.17. The van der Waals surface area contributed by atoms with Crippen molar-refractivity contribution in [1.82, 2.24) is 0 Å². The normalized spacial score (nSPS) is 15.7. The molecule has 0 saturated carbocycles. The lowest BCUT2D eigenvalue weighted by Crippen LogP contribution is -2.28. The summed E-state index contributed by atoms with van der Waals surface area (Å²) in [6.07, 6.45) is -1.00. The minimum atomic E-state index is -0.524. The van der Waals surface area contributed by atoms with Gasteiger partial charge in [0.2, 0.25) is 0 Å². The fourth-order valence-corrected chi connectivity index (χ4v) is 2.21. The molecule has 0 amide bonds. The van der Waals surface area contributed by atoms with E-state index in [1.165, 1.54) is 0 Å². The molecule has 3 atom stereocenters. The van der Waals surface area contributed by atoms with Crippen molar-refractivity contribution in [2.45, 2.75) is 32.2 Å². The Hall–Kier alpha value is -1.62. The third-order valence-corrected chi connectivity index (χ3v) is 3.72. The van der Waals surface area contributed by atoms with Crippen molar-refractivity contribution in [1.29, 1.82) is 0 Å². The van der Waals surface area contributed by atoms with Crippen LogP contribution in [0.15, 0.2) is 36.4 Å². The molecule has 4 heteroatoms. The van der Waals surface area contributed by atoms with Gasteiger partial charge >= 0.3 is 0 Å². The van der Waals surface area contributed by atoms with Gasteiger partial charge in [-0.3, -0.25) is 0 Å². The molecule has 0 radical (unpaired) electrons. The number of nitrogens with two attached hydrogens (primary N) is 1. The Labute approximate surface area is 125 Å². The van der Waals surface area contributed by atoms with Crippen molar-refractivity contribution in [3.63, 3.8) is 0 Å². The van der Waals surface area contributed by atoms with Crippen LogP contribution in [-0.2, 0) is 4.74 Å². The quantitative estimate of drug-likeness (QED) is 0.858. The van der Waals surface area contributed by atoms with Gasteiger partial charge in [0, 0.05) is 6.54 Å². The third kappa shape index (κ3) is 3.73. The number of fused-ring (bicyclic) bond motifs is 1. The van der Waals surface area contributed by atoms with Gasteiger partial charge in [-0.25, -0.2) is 0 Å². The van der Waals surface area contributed by atoms with Crippen LogP contribution in [0.3, 0.4) is 0 Å². The zero-order valence-corrected chi connectivity index (χ0v) is 12.7. The highest BCUT2D eigenvalue weighted by atomic mass is 16.5. The molecule has 0 aliphatic rings. The number of hydrogen-bond acceptors (Lipinski definition) is 4. The monoisotopic (exact) mass is 289 g/mol. The molecule has 0 aromatic heterocycles. The van der Waals surface area contributed by atoms with Crippen LogP contribution in [0, 0.1) is 0 Å². The molecule has 2 rings (SSSR count). The van der Waals surface area contributed by atoms with E-state index in [1.54, 1.807) is 14.0 Å². The van der Waals surface area contributed by atoms with E-state index >= 15 is 0 Å². The zero-order chi connectivity index (χ0) is 15.4. The molecule has 2 aromatic rings. The average molecular weight is 289 g/mol. The highest BCUT2D eigenvalue weighted by Gasteiger charge is 2.17. The number of hydrogen-bond donors (Lipinski definition) is 2. The van der Waals surface area contributed by atoms with Gasteiger partial charge in [0.25, 0.3) is 0 Å². The van der Waals surface area contributed by atoms with Gasteiger partial charge in [0.05, 0.1) is 25.4 Å². The number of rotatable bonds is 6. The highest BCUT2D eigenvalue weighted by molar-refractivity contribution is 5.84. The van der Waals surface area contributed by atoms with E-state index in [9.17, 15) is 5.11 Å². The van der Waals surface area contributed by atoms with Crippen molar-refractivity contribution in [2.24, 2.45) is 5.73 Å². The first-order valence-electron chi connectivity index (χ1n) is 7.16. The molecule has 0 saturated heterocycles. The first-order chi connectivity index (χ1) is 10.0.